The van der Waals surface area contributed by atoms with E-state index in [0.29, 0.717) is 11.4 Å². The molecule has 1 aromatic heterocycles. The zero-order chi connectivity index (χ0) is 23.5. The number of benzene rings is 4. The third-order valence-corrected chi connectivity index (χ3v) is 5.33. The quantitative estimate of drug-likeness (QED) is 0.335. The zero-order valence-corrected chi connectivity index (χ0v) is 17.9. The Labute approximate surface area is 194 Å². The minimum absolute atomic E-state index is 0.0689. The Morgan fingerprint density at radius 3 is 2.29 bits per heavy atom. The van der Waals surface area contributed by atoms with Crippen molar-refractivity contribution in [2.24, 2.45) is 0 Å². The lowest BCUT2D eigenvalue weighted by Crippen LogP contribution is -2.14. The van der Waals surface area contributed by atoms with Crippen molar-refractivity contribution in [1.82, 2.24) is 9.78 Å². The van der Waals surface area contributed by atoms with E-state index in [1.165, 1.54) is 28.9 Å². The molecule has 4 aromatic carbocycles. The number of hydrogen-bond acceptors (Lipinski definition) is 3. The van der Waals surface area contributed by atoms with Gasteiger partial charge in [0.25, 0.3) is 5.91 Å². The summed E-state index contributed by atoms with van der Waals surface area (Å²) in [5.41, 5.74) is 2.01. The summed E-state index contributed by atoms with van der Waals surface area (Å²) in [6, 6.07) is 25.0. The van der Waals surface area contributed by atoms with E-state index < -0.39 is 5.91 Å². The van der Waals surface area contributed by atoms with Crippen molar-refractivity contribution in [2.45, 2.75) is 6.61 Å². The number of amides is 1. The average molecular weight is 455 g/mol. The molecule has 0 fully saturated rings. The second kappa shape index (κ2) is 9.15. The summed E-state index contributed by atoms with van der Waals surface area (Å²) in [5, 5.41) is 9.21. The van der Waals surface area contributed by atoms with Crippen LogP contribution in [0.1, 0.15) is 16.1 Å². The highest BCUT2D eigenvalue weighted by Crippen LogP contribution is 2.26. The molecule has 0 atom stereocenters. The van der Waals surface area contributed by atoms with Crippen molar-refractivity contribution in [1.29, 1.82) is 0 Å². The van der Waals surface area contributed by atoms with E-state index in [2.05, 4.69) is 10.4 Å². The van der Waals surface area contributed by atoms with Gasteiger partial charge in [-0.25, -0.2) is 13.5 Å². The molecule has 34 heavy (non-hydrogen) atoms. The van der Waals surface area contributed by atoms with Crippen LogP contribution in [0.5, 0.6) is 5.75 Å². The van der Waals surface area contributed by atoms with Crippen LogP contribution < -0.4 is 10.1 Å². The standard InChI is InChI=1S/C27H19F2N3O2/c28-20-10-8-18(9-11-20)17-34-25-16-32(22-14-12-21(29)13-15-22)31-26(25)27(33)30-24-7-3-5-19-4-1-2-6-23(19)24/h1-16H,17H2,(H,30,33). The van der Waals surface area contributed by atoms with Gasteiger partial charge in [-0.3, -0.25) is 4.79 Å². The Kier molecular flexibility index (Phi) is 5.74. The topological polar surface area (TPSA) is 56.2 Å². The van der Waals surface area contributed by atoms with E-state index in [-0.39, 0.29) is 29.7 Å². The van der Waals surface area contributed by atoms with Gasteiger partial charge in [0.05, 0.1) is 11.9 Å². The lowest BCUT2D eigenvalue weighted by atomic mass is 10.1. The molecule has 0 radical (unpaired) electrons. The first-order chi connectivity index (χ1) is 16.6. The van der Waals surface area contributed by atoms with Gasteiger partial charge in [0.2, 0.25) is 0 Å². The Hall–Kier alpha value is -4.52. The summed E-state index contributed by atoms with van der Waals surface area (Å²) in [7, 11) is 0. The van der Waals surface area contributed by atoms with Crippen LogP contribution in [0.25, 0.3) is 16.5 Å². The molecule has 7 heteroatoms. The number of carbonyl (C=O) groups excluding carboxylic acids is 1. The van der Waals surface area contributed by atoms with Crippen molar-refractivity contribution in [3.63, 3.8) is 0 Å². The van der Waals surface area contributed by atoms with Gasteiger partial charge in [-0.15, -0.1) is 0 Å². The van der Waals surface area contributed by atoms with Crippen LogP contribution in [-0.2, 0) is 6.61 Å². The van der Waals surface area contributed by atoms with Gasteiger partial charge in [-0.05, 0) is 53.4 Å². The van der Waals surface area contributed by atoms with Crippen molar-refractivity contribution in [2.75, 3.05) is 5.32 Å². The Morgan fingerprint density at radius 1 is 0.853 bits per heavy atom. The highest BCUT2D eigenvalue weighted by Gasteiger charge is 2.20. The second-order valence-corrected chi connectivity index (χ2v) is 7.66. The molecule has 5 rings (SSSR count). The maximum Gasteiger partial charge on any atom is 0.280 e. The minimum atomic E-state index is -0.452. The molecule has 0 unspecified atom stereocenters. The molecular weight excluding hydrogens is 436 g/mol. The van der Waals surface area contributed by atoms with Crippen LogP contribution in [0.4, 0.5) is 14.5 Å². The number of carbonyl (C=O) groups is 1. The predicted molar refractivity (Wildman–Crippen MR) is 126 cm³/mol. The zero-order valence-electron chi connectivity index (χ0n) is 17.9. The third-order valence-electron chi connectivity index (χ3n) is 5.33. The molecule has 0 bridgehead atoms. The van der Waals surface area contributed by atoms with Crippen molar-refractivity contribution >= 4 is 22.4 Å². The van der Waals surface area contributed by atoms with Crippen LogP contribution >= 0.6 is 0 Å². The first-order valence-electron chi connectivity index (χ1n) is 10.6. The summed E-state index contributed by atoms with van der Waals surface area (Å²) in [6.07, 6.45) is 1.56. The fraction of sp³-hybridized carbons (Fsp3) is 0.0370. The van der Waals surface area contributed by atoms with E-state index in [1.54, 1.807) is 30.5 Å². The van der Waals surface area contributed by atoms with Gasteiger partial charge in [-0.1, -0.05) is 48.5 Å². The molecule has 0 aliphatic carbocycles. The highest BCUT2D eigenvalue weighted by molar-refractivity contribution is 6.09. The van der Waals surface area contributed by atoms with Crippen LogP contribution in [-0.4, -0.2) is 15.7 Å². The lowest BCUT2D eigenvalue weighted by molar-refractivity contribution is 0.101. The summed E-state index contributed by atoms with van der Waals surface area (Å²) in [5.74, 6) is -0.932. The minimum Gasteiger partial charge on any atom is -0.485 e. The number of nitrogens with one attached hydrogen (secondary N) is 1. The van der Waals surface area contributed by atoms with Crippen LogP contribution in [0.3, 0.4) is 0 Å². The van der Waals surface area contributed by atoms with Gasteiger partial charge in [-0.2, -0.15) is 5.10 Å². The fourth-order valence-corrected chi connectivity index (χ4v) is 3.60. The van der Waals surface area contributed by atoms with Crippen molar-refractivity contribution < 1.29 is 18.3 Å². The molecule has 1 heterocycles. The number of nitrogens with zero attached hydrogens (tertiary/aromatic N) is 2. The highest BCUT2D eigenvalue weighted by atomic mass is 19.1. The van der Waals surface area contributed by atoms with Crippen LogP contribution in [0, 0.1) is 11.6 Å². The second-order valence-electron chi connectivity index (χ2n) is 7.66. The number of ether oxygens (including phenoxy) is 1. The molecule has 1 N–H and O–H groups in total. The number of fused-ring (bicyclic) bond motifs is 1. The monoisotopic (exact) mass is 455 g/mol. The maximum atomic E-state index is 13.4. The van der Waals surface area contributed by atoms with E-state index >= 15 is 0 Å². The summed E-state index contributed by atoms with van der Waals surface area (Å²) < 4.78 is 34.0. The van der Waals surface area contributed by atoms with Crippen LogP contribution in [0.15, 0.2) is 97.2 Å². The molecule has 1 amide bonds. The van der Waals surface area contributed by atoms with Gasteiger partial charge in [0.1, 0.15) is 18.2 Å². The molecule has 5 nitrogen and oxygen atoms in total. The summed E-state index contributed by atoms with van der Waals surface area (Å²) in [4.78, 5) is 13.3. The van der Waals surface area contributed by atoms with E-state index in [0.717, 1.165) is 16.3 Å². The molecule has 0 saturated carbocycles. The molecular formula is C27H19F2N3O2. The van der Waals surface area contributed by atoms with Crippen molar-refractivity contribution in [3.8, 4) is 11.4 Å². The fourth-order valence-electron chi connectivity index (χ4n) is 3.60. The van der Waals surface area contributed by atoms with Gasteiger partial charge >= 0.3 is 0 Å². The van der Waals surface area contributed by atoms with E-state index in [9.17, 15) is 13.6 Å². The van der Waals surface area contributed by atoms with E-state index in [1.807, 2.05) is 42.5 Å². The maximum absolute atomic E-state index is 13.4. The number of hydrogen-bond donors (Lipinski definition) is 1. The summed E-state index contributed by atoms with van der Waals surface area (Å²) in [6.45, 7) is 0.115. The van der Waals surface area contributed by atoms with Gasteiger partial charge in [0, 0.05) is 11.1 Å². The molecule has 0 spiro atoms. The predicted octanol–water partition coefficient (Wildman–Crippen LogP) is 6.14. The molecule has 0 saturated heterocycles. The molecule has 0 aliphatic heterocycles. The number of anilines is 1. The largest absolute Gasteiger partial charge is 0.485 e. The SMILES string of the molecule is O=C(Nc1cccc2ccccc12)c1nn(-c2ccc(F)cc2)cc1OCc1ccc(F)cc1. The number of aromatic nitrogens is 2. The summed E-state index contributed by atoms with van der Waals surface area (Å²) >= 11 is 0. The van der Waals surface area contributed by atoms with Gasteiger partial charge in [0.15, 0.2) is 11.4 Å². The van der Waals surface area contributed by atoms with Crippen LogP contribution in [0.2, 0.25) is 0 Å². The Bertz CT molecular complexity index is 1460. The smallest absolute Gasteiger partial charge is 0.280 e. The number of rotatable bonds is 6. The first kappa shape index (κ1) is 21.3. The van der Waals surface area contributed by atoms with E-state index in [4.69, 9.17) is 4.74 Å². The molecule has 5 aromatic rings. The van der Waals surface area contributed by atoms with Crippen molar-refractivity contribution in [3.05, 3.63) is 120 Å². The lowest BCUT2D eigenvalue weighted by Gasteiger charge is -2.09. The number of halogens is 2. The Balaban J connectivity index is 1.47. The molecule has 168 valence electrons. The molecule has 0 aliphatic rings. The van der Waals surface area contributed by atoms with Gasteiger partial charge < -0.3 is 10.1 Å². The average Bonchev–Trinajstić information content (AvgIpc) is 3.29. The normalized spacial score (nSPS) is 10.9. The third kappa shape index (κ3) is 4.49. The Morgan fingerprint density at radius 2 is 1.53 bits per heavy atom. The first-order valence-corrected chi connectivity index (χ1v) is 10.6.